The van der Waals surface area contributed by atoms with Gasteiger partial charge in [-0.3, -0.25) is 4.98 Å². The Hall–Kier alpha value is -2.79. The van der Waals surface area contributed by atoms with Gasteiger partial charge >= 0.3 is 5.97 Å². The van der Waals surface area contributed by atoms with Crippen molar-refractivity contribution in [1.82, 2.24) is 4.98 Å². The predicted molar refractivity (Wildman–Crippen MR) is 94.4 cm³/mol. The number of hydrogen-bond donors (Lipinski definition) is 1. The highest BCUT2D eigenvalue weighted by Gasteiger charge is 2.10. The van der Waals surface area contributed by atoms with E-state index in [0.29, 0.717) is 16.3 Å². The zero-order valence-electron chi connectivity index (χ0n) is 13.2. The quantitative estimate of drug-likeness (QED) is 0.711. The standard InChI is InChI=1S/C18H15ClN2O3/c1-23-17-9-13-15(6-7-20-16(13)10-14(17)19)21-12-5-3-4-11(8-12)18(22)24-2/h3-10H,1-2H3,(H,20,21). The Labute approximate surface area is 144 Å². The number of rotatable bonds is 4. The van der Waals surface area contributed by atoms with Crippen molar-refractivity contribution in [3.05, 3.63) is 59.2 Å². The topological polar surface area (TPSA) is 60.5 Å². The third-order valence-electron chi connectivity index (χ3n) is 3.58. The summed E-state index contributed by atoms with van der Waals surface area (Å²) in [6, 6.07) is 12.5. The third-order valence-corrected chi connectivity index (χ3v) is 3.87. The molecule has 0 saturated heterocycles. The second kappa shape index (κ2) is 6.76. The molecular weight excluding hydrogens is 328 g/mol. The summed E-state index contributed by atoms with van der Waals surface area (Å²) in [5.74, 6) is 0.190. The number of carbonyl (C=O) groups excluding carboxylic acids is 1. The number of nitrogens with one attached hydrogen (secondary N) is 1. The molecule has 0 saturated carbocycles. The molecule has 1 aromatic heterocycles. The molecule has 24 heavy (non-hydrogen) atoms. The van der Waals surface area contributed by atoms with Crippen LogP contribution in [-0.4, -0.2) is 25.2 Å². The maximum Gasteiger partial charge on any atom is 0.337 e. The number of pyridine rings is 1. The number of anilines is 2. The minimum Gasteiger partial charge on any atom is -0.495 e. The van der Waals surface area contributed by atoms with E-state index in [0.717, 1.165) is 22.3 Å². The van der Waals surface area contributed by atoms with E-state index >= 15 is 0 Å². The SMILES string of the molecule is COC(=O)c1cccc(Nc2ccnc3cc(Cl)c(OC)cc23)c1. The number of hydrogen-bond acceptors (Lipinski definition) is 5. The monoisotopic (exact) mass is 342 g/mol. The fourth-order valence-electron chi connectivity index (χ4n) is 2.41. The van der Waals surface area contributed by atoms with Gasteiger partial charge in [0.1, 0.15) is 5.75 Å². The summed E-state index contributed by atoms with van der Waals surface area (Å²) in [6.07, 6.45) is 1.69. The van der Waals surface area contributed by atoms with Crippen LogP contribution in [0.4, 0.5) is 11.4 Å². The van der Waals surface area contributed by atoms with Crippen LogP contribution < -0.4 is 10.1 Å². The van der Waals surface area contributed by atoms with E-state index in [4.69, 9.17) is 21.1 Å². The molecule has 0 aliphatic carbocycles. The van der Waals surface area contributed by atoms with E-state index in [-0.39, 0.29) is 5.97 Å². The van der Waals surface area contributed by atoms with Crippen molar-refractivity contribution in [2.24, 2.45) is 0 Å². The number of esters is 1. The van der Waals surface area contributed by atoms with Crippen molar-refractivity contribution in [1.29, 1.82) is 0 Å². The van der Waals surface area contributed by atoms with Crippen LogP contribution in [0.5, 0.6) is 5.75 Å². The van der Waals surface area contributed by atoms with Crippen LogP contribution in [0, 0.1) is 0 Å². The van der Waals surface area contributed by atoms with E-state index in [9.17, 15) is 4.79 Å². The maximum absolute atomic E-state index is 11.7. The first-order valence-corrected chi connectivity index (χ1v) is 7.58. The van der Waals surface area contributed by atoms with Crippen molar-refractivity contribution in [2.45, 2.75) is 0 Å². The zero-order valence-corrected chi connectivity index (χ0v) is 13.9. The molecule has 0 aliphatic rings. The highest BCUT2D eigenvalue weighted by molar-refractivity contribution is 6.33. The number of carbonyl (C=O) groups is 1. The molecule has 5 nitrogen and oxygen atoms in total. The molecule has 1 N–H and O–H groups in total. The molecule has 1 heterocycles. The van der Waals surface area contributed by atoms with Crippen LogP contribution in [0.15, 0.2) is 48.7 Å². The first-order chi connectivity index (χ1) is 11.6. The Morgan fingerprint density at radius 1 is 1.17 bits per heavy atom. The number of methoxy groups -OCH3 is 2. The van der Waals surface area contributed by atoms with Gasteiger partial charge in [-0.15, -0.1) is 0 Å². The molecule has 6 heteroatoms. The lowest BCUT2D eigenvalue weighted by atomic mass is 10.1. The van der Waals surface area contributed by atoms with Crippen LogP contribution in [0.3, 0.4) is 0 Å². The molecule has 0 unspecified atom stereocenters. The summed E-state index contributed by atoms with van der Waals surface area (Å²) in [5, 5.41) is 4.66. The Morgan fingerprint density at radius 2 is 2.00 bits per heavy atom. The van der Waals surface area contributed by atoms with Crippen molar-refractivity contribution >= 4 is 39.8 Å². The molecule has 0 radical (unpaired) electrons. The first kappa shape index (κ1) is 16.1. The maximum atomic E-state index is 11.7. The number of halogens is 1. The number of benzene rings is 2. The average Bonchev–Trinajstić information content (AvgIpc) is 2.61. The van der Waals surface area contributed by atoms with Gasteiger partial charge in [0.05, 0.1) is 30.3 Å². The number of fused-ring (bicyclic) bond motifs is 1. The Kier molecular flexibility index (Phi) is 4.53. The minimum absolute atomic E-state index is 0.383. The molecule has 3 aromatic rings. The molecule has 0 aliphatic heterocycles. The molecule has 0 bridgehead atoms. The van der Waals surface area contributed by atoms with Gasteiger partial charge in [0.25, 0.3) is 0 Å². The largest absolute Gasteiger partial charge is 0.495 e. The Bertz CT molecular complexity index is 912. The fourth-order valence-corrected chi connectivity index (χ4v) is 2.65. The molecule has 0 amide bonds. The van der Waals surface area contributed by atoms with Crippen molar-refractivity contribution in [3.63, 3.8) is 0 Å². The third kappa shape index (κ3) is 3.12. The molecule has 3 rings (SSSR count). The van der Waals surface area contributed by atoms with Crippen molar-refractivity contribution in [2.75, 3.05) is 19.5 Å². The first-order valence-electron chi connectivity index (χ1n) is 7.20. The molecular formula is C18H15ClN2O3. The summed E-state index contributed by atoms with van der Waals surface area (Å²) in [5.41, 5.74) is 2.81. The second-order valence-corrected chi connectivity index (χ2v) is 5.47. The van der Waals surface area contributed by atoms with E-state index in [1.807, 2.05) is 18.2 Å². The Morgan fingerprint density at radius 3 is 2.75 bits per heavy atom. The van der Waals surface area contributed by atoms with Gasteiger partial charge < -0.3 is 14.8 Å². The van der Waals surface area contributed by atoms with Gasteiger partial charge in [0.2, 0.25) is 0 Å². The van der Waals surface area contributed by atoms with E-state index in [1.54, 1.807) is 37.6 Å². The highest BCUT2D eigenvalue weighted by atomic mass is 35.5. The van der Waals surface area contributed by atoms with Crippen LogP contribution in [0.25, 0.3) is 10.9 Å². The smallest absolute Gasteiger partial charge is 0.337 e. The number of ether oxygens (including phenoxy) is 2. The van der Waals surface area contributed by atoms with Crippen molar-refractivity contribution < 1.29 is 14.3 Å². The van der Waals surface area contributed by atoms with Gasteiger partial charge in [-0.25, -0.2) is 4.79 Å². The van der Waals surface area contributed by atoms with Gasteiger partial charge in [-0.2, -0.15) is 0 Å². The molecule has 0 spiro atoms. The predicted octanol–water partition coefficient (Wildman–Crippen LogP) is 4.43. The van der Waals surface area contributed by atoms with Crippen molar-refractivity contribution in [3.8, 4) is 5.75 Å². The van der Waals surface area contributed by atoms with Crippen LogP contribution in [0.1, 0.15) is 10.4 Å². The molecule has 0 fully saturated rings. The second-order valence-electron chi connectivity index (χ2n) is 5.06. The molecule has 2 aromatic carbocycles. The summed E-state index contributed by atoms with van der Waals surface area (Å²) in [6.45, 7) is 0. The van der Waals surface area contributed by atoms with Gasteiger partial charge in [-0.05, 0) is 36.4 Å². The van der Waals surface area contributed by atoms with E-state index in [2.05, 4.69) is 10.3 Å². The van der Waals surface area contributed by atoms with E-state index in [1.165, 1.54) is 7.11 Å². The lowest BCUT2D eigenvalue weighted by Crippen LogP contribution is -2.02. The van der Waals surface area contributed by atoms with Crippen LogP contribution in [-0.2, 0) is 4.74 Å². The summed E-state index contributed by atoms with van der Waals surface area (Å²) < 4.78 is 10.0. The van der Waals surface area contributed by atoms with E-state index < -0.39 is 0 Å². The molecule has 122 valence electrons. The summed E-state index contributed by atoms with van der Waals surface area (Å²) in [7, 11) is 2.92. The van der Waals surface area contributed by atoms with Gasteiger partial charge in [-0.1, -0.05) is 17.7 Å². The summed E-state index contributed by atoms with van der Waals surface area (Å²) in [4.78, 5) is 16.0. The number of aromatic nitrogens is 1. The molecule has 0 atom stereocenters. The highest BCUT2D eigenvalue weighted by Crippen LogP contribution is 2.33. The number of nitrogens with zero attached hydrogens (tertiary/aromatic N) is 1. The Balaban J connectivity index is 2.03. The van der Waals surface area contributed by atoms with Gasteiger partial charge in [0.15, 0.2) is 0 Å². The van der Waals surface area contributed by atoms with Crippen LogP contribution >= 0.6 is 11.6 Å². The lowest BCUT2D eigenvalue weighted by molar-refractivity contribution is 0.0601. The summed E-state index contributed by atoms with van der Waals surface area (Å²) >= 11 is 6.15. The van der Waals surface area contributed by atoms with Crippen LogP contribution in [0.2, 0.25) is 5.02 Å². The average molecular weight is 343 g/mol. The normalized spacial score (nSPS) is 10.5. The lowest BCUT2D eigenvalue weighted by Gasteiger charge is -2.12. The zero-order chi connectivity index (χ0) is 17.1. The van der Waals surface area contributed by atoms with Gasteiger partial charge in [0, 0.05) is 23.0 Å². The minimum atomic E-state index is -0.383. The fraction of sp³-hybridized carbons (Fsp3) is 0.111.